The van der Waals surface area contributed by atoms with Crippen LogP contribution in [0.15, 0.2) is 53.4 Å². The molecule has 0 aliphatic rings. The van der Waals surface area contributed by atoms with E-state index < -0.39 is 26.2 Å². The van der Waals surface area contributed by atoms with Gasteiger partial charge in [-0.1, -0.05) is 12.1 Å². The highest BCUT2D eigenvalue weighted by molar-refractivity contribution is 14.1. The summed E-state index contributed by atoms with van der Waals surface area (Å²) < 4.78 is 27.7. The number of nitro benzene ring substituents is 1. The van der Waals surface area contributed by atoms with Crippen LogP contribution in [0.2, 0.25) is 0 Å². The molecule has 0 radical (unpaired) electrons. The van der Waals surface area contributed by atoms with Crippen LogP contribution in [0.25, 0.3) is 0 Å². The van der Waals surface area contributed by atoms with E-state index in [1.165, 1.54) is 31.2 Å². The molecule has 1 unspecified atom stereocenters. The maximum Gasteiger partial charge on any atom is 0.270 e. The summed E-state index contributed by atoms with van der Waals surface area (Å²) >= 11 is 7.54. The average Bonchev–Trinajstić information content (AvgIpc) is 2.54. The number of nitrogens with zero attached hydrogens (tertiary/aromatic N) is 2. The number of non-ortho nitro benzene ring substituents is 1. The standard InChI is InChI=1S/C15H12ClIN2O5S/c1-10(15(16)20)18(12-5-2-4-11(17)8-12)25(23,24)14-7-3-6-13(9-14)19(21)22/h2-10H,1H3. The number of hydrogen-bond acceptors (Lipinski definition) is 5. The van der Waals surface area contributed by atoms with Crippen molar-refractivity contribution in [3.8, 4) is 0 Å². The highest BCUT2D eigenvalue weighted by Gasteiger charge is 2.33. The smallest absolute Gasteiger partial charge is 0.270 e. The average molecular weight is 495 g/mol. The Morgan fingerprint density at radius 2 is 1.88 bits per heavy atom. The number of sulfonamides is 1. The summed E-state index contributed by atoms with van der Waals surface area (Å²) in [7, 11) is -4.25. The van der Waals surface area contributed by atoms with Gasteiger partial charge >= 0.3 is 0 Å². The molecule has 1 atom stereocenters. The van der Waals surface area contributed by atoms with Crippen molar-refractivity contribution >= 4 is 60.8 Å². The molecule has 0 fully saturated rings. The molecule has 0 heterocycles. The minimum absolute atomic E-state index is 0.236. The summed E-state index contributed by atoms with van der Waals surface area (Å²) in [4.78, 5) is 21.6. The number of rotatable bonds is 6. The van der Waals surface area contributed by atoms with Gasteiger partial charge in [0, 0.05) is 15.7 Å². The van der Waals surface area contributed by atoms with Gasteiger partial charge in [-0.05, 0) is 65.4 Å². The zero-order valence-corrected chi connectivity index (χ0v) is 16.5. The predicted molar refractivity (Wildman–Crippen MR) is 102 cm³/mol. The van der Waals surface area contributed by atoms with Crippen molar-refractivity contribution < 1.29 is 18.1 Å². The van der Waals surface area contributed by atoms with E-state index in [9.17, 15) is 23.3 Å². The van der Waals surface area contributed by atoms with E-state index in [0.29, 0.717) is 0 Å². The van der Waals surface area contributed by atoms with Crippen LogP contribution in [0.4, 0.5) is 11.4 Å². The van der Waals surface area contributed by atoms with E-state index in [0.717, 1.165) is 13.9 Å². The minimum Gasteiger partial charge on any atom is -0.279 e. The molecule has 2 rings (SSSR count). The van der Waals surface area contributed by atoms with Crippen molar-refractivity contribution in [2.75, 3.05) is 4.31 Å². The fourth-order valence-corrected chi connectivity index (χ4v) is 4.48. The van der Waals surface area contributed by atoms with Crippen LogP contribution >= 0.6 is 34.2 Å². The first kappa shape index (κ1) is 19.6. The van der Waals surface area contributed by atoms with Gasteiger partial charge in [0.1, 0.15) is 6.04 Å². The van der Waals surface area contributed by atoms with Gasteiger partial charge in [-0.2, -0.15) is 0 Å². The second-order valence-corrected chi connectivity index (χ2v) is 8.45. The number of anilines is 1. The summed E-state index contributed by atoms with van der Waals surface area (Å²) in [5, 5.41) is 10.1. The van der Waals surface area contributed by atoms with Crippen LogP contribution in [-0.2, 0) is 14.8 Å². The maximum atomic E-state index is 13.1. The van der Waals surface area contributed by atoms with Gasteiger partial charge in [-0.3, -0.25) is 19.2 Å². The second-order valence-electron chi connectivity index (χ2n) is 5.02. The Hall–Kier alpha value is -1.72. The molecular formula is C15H12ClIN2O5S. The van der Waals surface area contributed by atoms with E-state index >= 15 is 0 Å². The maximum absolute atomic E-state index is 13.1. The Kier molecular flexibility index (Phi) is 6.01. The number of benzene rings is 2. The summed E-state index contributed by atoms with van der Waals surface area (Å²) in [5.41, 5.74) is -0.131. The monoisotopic (exact) mass is 494 g/mol. The van der Waals surface area contributed by atoms with Crippen LogP contribution in [0, 0.1) is 13.7 Å². The molecule has 0 saturated carbocycles. The number of hydrogen-bond donors (Lipinski definition) is 0. The van der Waals surface area contributed by atoms with Crippen LogP contribution < -0.4 is 4.31 Å². The van der Waals surface area contributed by atoms with Gasteiger partial charge in [-0.15, -0.1) is 0 Å². The summed E-state index contributed by atoms with van der Waals surface area (Å²) in [6.07, 6.45) is 0. The van der Waals surface area contributed by atoms with Crippen LogP contribution in [-0.4, -0.2) is 24.6 Å². The summed E-state index contributed by atoms with van der Waals surface area (Å²) in [6, 6.07) is 9.93. The van der Waals surface area contributed by atoms with E-state index in [2.05, 4.69) is 0 Å². The third-order valence-corrected chi connectivity index (χ3v) is 6.21. The van der Waals surface area contributed by atoms with Crippen molar-refractivity contribution in [1.82, 2.24) is 0 Å². The summed E-state index contributed by atoms with van der Waals surface area (Å²) in [6.45, 7) is 1.35. The topological polar surface area (TPSA) is 97.6 Å². The van der Waals surface area contributed by atoms with Crippen molar-refractivity contribution in [1.29, 1.82) is 0 Å². The molecule has 2 aromatic rings. The molecule has 0 aliphatic carbocycles. The first-order chi connectivity index (χ1) is 11.6. The molecule has 0 amide bonds. The molecule has 7 nitrogen and oxygen atoms in total. The number of nitro groups is 1. The van der Waals surface area contributed by atoms with E-state index in [-0.39, 0.29) is 16.3 Å². The zero-order chi connectivity index (χ0) is 18.8. The Bertz CT molecular complexity index is 935. The lowest BCUT2D eigenvalue weighted by Gasteiger charge is -2.28. The lowest BCUT2D eigenvalue weighted by Crippen LogP contribution is -2.42. The molecule has 0 aromatic heterocycles. The first-order valence-electron chi connectivity index (χ1n) is 6.88. The SMILES string of the molecule is CC(C(=O)Cl)N(c1cccc(I)c1)S(=O)(=O)c1cccc([N+](=O)[O-])c1. The summed E-state index contributed by atoms with van der Waals surface area (Å²) in [5.74, 6) is 0. The van der Waals surface area contributed by atoms with Gasteiger partial charge < -0.3 is 0 Å². The fourth-order valence-electron chi connectivity index (χ4n) is 2.15. The molecule has 0 saturated heterocycles. The Morgan fingerprint density at radius 3 is 2.44 bits per heavy atom. The van der Waals surface area contributed by atoms with Gasteiger partial charge in [0.05, 0.1) is 15.5 Å². The Balaban J connectivity index is 2.65. The zero-order valence-electron chi connectivity index (χ0n) is 12.8. The molecule has 10 heteroatoms. The lowest BCUT2D eigenvalue weighted by atomic mass is 10.3. The van der Waals surface area contributed by atoms with Crippen LogP contribution in [0.3, 0.4) is 0 Å². The fraction of sp³-hybridized carbons (Fsp3) is 0.133. The van der Waals surface area contributed by atoms with Gasteiger partial charge in [0.25, 0.3) is 15.7 Å². The Labute approximate surface area is 162 Å². The quantitative estimate of drug-likeness (QED) is 0.265. The molecule has 0 bridgehead atoms. The Morgan fingerprint density at radius 1 is 1.24 bits per heavy atom. The largest absolute Gasteiger partial charge is 0.279 e. The molecule has 132 valence electrons. The lowest BCUT2D eigenvalue weighted by molar-refractivity contribution is -0.385. The van der Waals surface area contributed by atoms with Crippen molar-refractivity contribution in [2.24, 2.45) is 0 Å². The third-order valence-electron chi connectivity index (χ3n) is 3.33. The van der Waals surface area contributed by atoms with E-state index in [1.807, 2.05) is 22.6 Å². The van der Waals surface area contributed by atoms with Crippen LogP contribution in [0.1, 0.15) is 6.92 Å². The minimum atomic E-state index is -4.25. The van der Waals surface area contributed by atoms with Crippen molar-refractivity contribution in [3.63, 3.8) is 0 Å². The molecule has 2 aromatic carbocycles. The van der Waals surface area contributed by atoms with E-state index in [4.69, 9.17) is 11.6 Å². The third kappa shape index (κ3) is 4.28. The normalized spacial score (nSPS) is 12.4. The molecule has 0 aliphatic heterocycles. The highest BCUT2D eigenvalue weighted by atomic mass is 127. The van der Waals surface area contributed by atoms with Gasteiger partial charge in [0.15, 0.2) is 0 Å². The number of halogens is 2. The van der Waals surface area contributed by atoms with Gasteiger partial charge in [0.2, 0.25) is 5.24 Å². The molecule has 0 N–H and O–H groups in total. The highest BCUT2D eigenvalue weighted by Crippen LogP contribution is 2.29. The second kappa shape index (κ2) is 7.67. The molecular weight excluding hydrogens is 483 g/mol. The first-order valence-corrected chi connectivity index (χ1v) is 9.78. The van der Waals surface area contributed by atoms with Crippen molar-refractivity contribution in [2.45, 2.75) is 17.9 Å². The predicted octanol–water partition coefficient (Wildman–Crippen LogP) is 3.55. The molecule has 0 spiro atoms. The van der Waals surface area contributed by atoms with Crippen molar-refractivity contribution in [3.05, 3.63) is 62.2 Å². The van der Waals surface area contributed by atoms with Crippen LogP contribution in [0.5, 0.6) is 0 Å². The number of carbonyl (C=O) groups excluding carboxylic acids is 1. The number of carbonyl (C=O) groups is 1. The molecule has 25 heavy (non-hydrogen) atoms. The van der Waals surface area contributed by atoms with Gasteiger partial charge in [-0.25, -0.2) is 8.42 Å². The van der Waals surface area contributed by atoms with E-state index in [1.54, 1.807) is 18.2 Å².